The second kappa shape index (κ2) is 6.89. The molecule has 0 amide bonds. The Morgan fingerprint density at radius 2 is 2.05 bits per heavy atom. The highest BCUT2D eigenvalue weighted by Gasteiger charge is 2.26. The number of rotatable bonds is 4. The van der Waals surface area contributed by atoms with Crippen LogP contribution >= 0.6 is 27.5 Å². The maximum atomic E-state index is 11.2. The van der Waals surface area contributed by atoms with E-state index in [0.717, 1.165) is 36.2 Å². The molecule has 1 fully saturated rings. The van der Waals surface area contributed by atoms with E-state index in [9.17, 15) is 9.90 Å². The summed E-state index contributed by atoms with van der Waals surface area (Å²) in [5, 5.41) is 9.82. The SMILES string of the molecule is CN1CCN(C(CC(=O)O)c2ccc(Cl)c(Br)c2)CC1. The predicted molar refractivity (Wildman–Crippen MR) is 83.2 cm³/mol. The molecule has 20 heavy (non-hydrogen) atoms. The van der Waals surface area contributed by atoms with Gasteiger partial charge in [-0.3, -0.25) is 9.69 Å². The molecule has 0 bridgehead atoms. The Morgan fingerprint density at radius 3 is 2.60 bits per heavy atom. The maximum absolute atomic E-state index is 11.2. The lowest BCUT2D eigenvalue weighted by atomic mass is 10.0. The van der Waals surface area contributed by atoms with Crippen molar-refractivity contribution in [1.29, 1.82) is 0 Å². The molecule has 0 radical (unpaired) electrons. The van der Waals surface area contributed by atoms with Gasteiger partial charge in [0, 0.05) is 36.7 Å². The van der Waals surface area contributed by atoms with Gasteiger partial charge < -0.3 is 10.0 Å². The lowest BCUT2D eigenvalue weighted by molar-refractivity contribution is -0.138. The molecular formula is C14H18BrClN2O2. The van der Waals surface area contributed by atoms with Crippen LogP contribution in [0.3, 0.4) is 0 Å². The zero-order valence-electron chi connectivity index (χ0n) is 11.4. The van der Waals surface area contributed by atoms with Gasteiger partial charge in [0.05, 0.1) is 11.4 Å². The molecule has 1 atom stereocenters. The van der Waals surface area contributed by atoms with Crippen molar-refractivity contribution in [1.82, 2.24) is 9.80 Å². The van der Waals surface area contributed by atoms with E-state index in [-0.39, 0.29) is 12.5 Å². The van der Waals surface area contributed by atoms with E-state index in [1.54, 1.807) is 0 Å². The van der Waals surface area contributed by atoms with Gasteiger partial charge in [0.25, 0.3) is 0 Å². The van der Waals surface area contributed by atoms with Crippen molar-refractivity contribution in [2.24, 2.45) is 0 Å². The Morgan fingerprint density at radius 1 is 1.40 bits per heavy atom. The summed E-state index contributed by atoms with van der Waals surface area (Å²) in [5.41, 5.74) is 0.994. The minimum Gasteiger partial charge on any atom is -0.481 e. The van der Waals surface area contributed by atoms with Crippen LogP contribution in [-0.2, 0) is 4.79 Å². The summed E-state index contributed by atoms with van der Waals surface area (Å²) in [7, 11) is 2.09. The van der Waals surface area contributed by atoms with Crippen molar-refractivity contribution in [2.75, 3.05) is 33.2 Å². The van der Waals surface area contributed by atoms with Crippen molar-refractivity contribution >= 4 is 33.5 Å². The topological polar surface area (TPSA) is 43.8 Å². The van der Waals surface area contributed by atoms with E-state index in [4.69, 9.17) is 11.6 Å². The summed E-state index contributed by atoms with van der Waals surface area (Å²) in [6.07, 6.45) is 0.109. The summed E-state index contributed by atoms with van der Waals surface area (Å²) in [4.78, 5) is 15.7. The monoisotopic (exact) mass is 360 g/mol. The van der Waals surface area contributed by atoms with E-state index >= 15 is 0 Å². The van der Waals surface area contributed by atoms with Crippen molar-refractivity contribution in [3.05, 3.63) is 33.3 Å². The number of nitrogens with zero attached hydrogens (tertiary/aromatic N) is 2. The zero-order valence-corrected chi connectivity index (χ0v) is 13.7. The molecule has 0 saturated carbocycles. The minimum absolute atomic E-state index is 0.102. The molecule has 1 saturated heterocycles. The third kappa shape index (κ3) is 3.95. The van der Waals surface area contributed by atoms with Crippen LogP contribution in [0.1, 0.15) is 18.0 Å². The summed E-state index contributed by atoms with van der Waals surface area (Å²) in [6, 6.07) is 5.55. The van der Waals surface area contributed by atoms with Crippen molar-refractivity contribution in [3.63, 3.8) is 0 Å². The Labute approximate surface area is 132 Å². The lowest BCUT2D eigenvalue weighted by Gasteiger charge is -2.37. The number of hydrogen-bond acceptors (Lipinski definition) is 3. The average molecular weight is 362 g/mol. The molecule has 1 aliphatic heterocycles. The molecule has 0 spiro atoms. The average Bonchev–Trinajstić information content (AvgIpc) is 2.40. The number of piperazine rings is 1. The summed E-state index contributed by atoms with van der Waals surface area (Å²) >= 11 is 9.42. The molecule has 2 rings (SSSR count). The highest BCUT2D eigenvalue weighted by molar-refractivity contribution is 9.10. The van der Waals surface area contributed by atoms with Gasteiger partial charge in [0.2, 0.25) is 0 Å². The fourth-order valence-corrected chi connectivity index (χ4v) is 2.99. The van der Waals surface area contributed by atoms with Gasteiger partial charge in [-0.25, -0.2) is 0 Å². The van der Waals surface area contributed by atoms with E-state index in [2.05, 4.69) is 32.8 Å². The number of carboxylic acids is 1. The van der Waals surface area contributed by atoms with E-state index < -0.39 is 5.97 Å². The van der Waals surface area contributed by atoms with E-state index in [1.807, 2.05) is 18.2 Å². The van der Waals surface area contributed by atoms with Gasteiger partial charge in [-0.1, -0.05) is 17.7 Å². The molecule has 1 aliphatic rings. The van der Waals surface area contributed by atoms with Gasteiger partial charge in [0.15, 0.2) is 0 Å². The molecule has 1 aromatic rings. The van der Waals surface area contributed by atoms with Crippen LogP contribution in [0.25, 0.3) is 0 Å². The van der Waals surface area contributed by atoms with Gasteiger partial charge in [-0.05, 0) is 40.7 Å². The zero-order chi connectivity index (χ0) is 14.7. The summed E-state index contributed by atoms with van der Waals surface area (Å²) < 4.78 is 0.807. The summed E-state index contributed by atoms with van der Waals surface area (Å²) in [5.74, 6) is -0.778. The highest BCUT2D eigenvalue weighted by Crippen LogP contribution is 2.31. The molecule has 1 N–H and O–H groups in total. The number of halogens is 2. The minimum atomic E-state index is -0.778. The molecule has 1 heterocycles. The number of hydrogen-bond donors (Lipinski definition) is 1. The first-order valence-electron chi connectivity index (χ1n) is 6.56. The molecule has 4 nitrogen and oxygen atoms in total. The number of likely N-dealkylation sites (N-methyl/N-ethyl adjacent to an activating group) is 1. The van der Waals surface area contributed by atoms with Gasteiger partial charge in [0.1, 0.15) is 0 Å². The third-order valence-electron chi connectivity index (χ3n) is 3.68. The van der Waals surface area contributed by atoms with Gasteiger partial charge >= 0.3 is 5.97 Å². The predicted octanol–water partition coefficient (Wildman–Crippen LogP) is 2.87. The lowest BCUT2D eigenvalue weighted by Crippen LogP contribution is -2.46. The Hall–Kier alpha value is -0.620. The van der Waals surface area contributed by atoms with Crippen LogP contribution < -0.4 is 0 Å². The Balaban J connectivity index is 2.22. The van der Waals surface area contributed by atoms with Crippen LogP contribution in [0.2, 0.25) is 5.02 Å². The number of aliphatic carboxylic acids is 1. The van der Waals surface area contributed by atoms with Crippen LogP contribution in [0, 0.1) is 0 Å². The van der Waals surface area contributed by atoms with Gasteiger partial charge in [-0.2, -0.15) is 0 Å². The maximum Gasteiger partial charge on any atom is 0.305 e. The van der Waals surface area contributed by atoms with Crippen LogP contribution in [0.4, 0.5) is 0 Å². The molecule has 1 unspecified atom stereocenters. The first kappa shape index (κ1) is 15.8. The number of carboxylic acid groups (broad SMARTS) is 1. The highest BCUT2D eigenvalue weighted by atomic mass is 79.9. The normalized spacial score (nSPS) is 18.9. The van der Waals surface area contributed by atoms with Crippen LogP contribution in [0.15, 0.2) is 22.7 Å². The molecule has 1 aromatic carbocycles. The Kier molecular flexibility index (Phi) is 5.43. The first-order valence-corrected chi connectivity index (χ1v) is 7.74. The van der Waals surface area contributed by atoms with Crippen molar-refractivity contribution in [2.45, 2.75) is 12.5 Å². The second-order valence-corrected chi connectivity index (χ2v) is 6.39. The molecule has 0 aliphatic carbocycles. The Bertz CT molecular complexity index is 490. The van der Waals surface area contributed by atoms with Crippen molar-refractivity contribution in [3.8, 4) is 0 Å². The first-order chi connectivity index (χ1) is 9.47. The number of benzene rings is 1. The molecular weight excluding hydrogens is 344 g/mol. The molecule has 0 aromatic heterocycles. The van der Waals surface area contributed by atoms with Crippen molar-refractivity contribution < 1.29 is 9.90 Å². The molecule has 110 valence electrons. The van der Waals surface area contributed by atoms with Gasteiger partial charge in [-0.15, -0.1) is 0 Å². The molecule has 6 heteroatoms. The smallest absolute Gasteiger partial charge is 0.305 e. The van der Waals surface area contributed by atoms with Crippen LogP contribution in [-0.4, -0.2) is 54.1 Å². The quantitative estimate of drug-likeness (QED) is 0.895. The van der Waals surface area contributed by atoms with E-state index in [0.29, 0.717) is 5.02 Å². The second-order valence-electron chi connectivity index (χ2n) is 5.13. The fourth-order valence-electron chi connectivity index (χ4n) is 2.48. The van der Waals surface area contributed by atoms with E-state index in [1.165, 1.54) is 0 Å². The summed E-state index contributed by atoms with van der Waals surface area (Å²) in [6.45, 7) is 3.69. The van der Waals surface area contributed by atoms with Crippen LogP contribution in [0.5, 0.6) is 0 Å². The fraction of sp³-hybridized carbons (Fsp3) is 0.500. The number of carbonyl (C=O) groups is 1. The largest absolute Gasteiger partial charge is 0.481 e. The third-order valence-corrected chi connectivity index (χ3v) is 4.89. The standard InChI is InChI=1S/C14H18BrClN2O2/c1-17-4-6-18(7-5-17)13(9-14(19)20)10-2-3-12(16)11(15)8-10/h2-3,8,13H,4-7,9H2,1H3,(H,19,20).